The van der Waals surface area contributed by atoms with Crippen molar-refractivity contribution in [3.05, 3.63) is 49.0 Å². The minimum Gasteiger partial charge on any atom is -0.268 e. The molecule has 0 aromatic carbocycles. The molecule has 0 aliphatic rings. The van der Waals surface area contributed by atoms with Gasteiger partial charge in [-0.3, -0.25) is 4.79 Å². The van der Waals surface area contributed by atoms with E-state index in [-0.39, 0.29) is 5.56 Å². The molecule has 0 spiro atoms. The van der Waals surface area contributed by atoms with Crippen molar-refractivity contribution in [2.75, 3.05) is 0 Å². The summed E-state index contributed by atoms with van der Waals surface area (Å²) in [4.78, 5) is 12.6. The summed E-state index contributed by atoms with van der Waals surface area (Å²) < 4.78 is 2.55. The highest BCUT2D eigenvalue weighted by molar-refractivity contribution is 9.11. The number of aromatic nitrogens is 2. The Labute approximate surface area is 99.5 Å². The van der Waals surface area contributed by atoms with E-state index >= 15 is 0 Å². The maximum absolute atomic E-state index is 11.5. The lowest BCUT2D eigenvalue weighted by Gasteiger charge is -2.02. The monoisotopic (exact) mass is 284 g/mol. The van der Waals surface area contributed by atoms with Crippen molar-refractivity contribution in [1.82, 2.24) is 9.78 Å². The van der Waals surface area contributed by atoms with E-state index in [9.17, 15) is 4.79 Å². The van der Waals surface area contributed by atoms with Crippen LogP contribution in [0.5, 0.6) is 0 Å². The summed E-state index contributed by atoms with van der Waals surface area (Å²) in [7, 11) is 0. The van der Waals surface area contributed by atoms with E-state index in [1.54, 1.807) is 23.5 Å². The van der Waals surface area contributed by atoms with Crippen LogP contribution in [-0.4, -0.2) is 9.78 Å². The first-order valence-corrected chi connectivity index (χ1v) is 6.05. The fraction of sp³-hybridized carbons (Fsp3) is 0.200. The van der Waals surface area contributed by atoms with Gasteiger partial charge in [-0.05, 0) is 41.1 Å². The van der Waals surface area contributed by atoms with Crippen LogP contribution in [0.2, 0.25) is 0 Å². The third-order valence-corrected chi connectivity index (χ3v) is 3.54. The fourth-order valence-corrected chi connectivity index (χ4v) is 2.71. The van der Waals surface area contributed by atoms with Crippen LogP contribution in [-0.2, 0) is 6.54 Å². The molecule has 0 atom stereocenters. The number of hydrogen-bond donors (Lipinski definition) is 0. The number of nitrogens with zero attached hydrogens (tertiary/aromatic N) is 2. The molecule has 0 aliphatic heterocycles. The van der Waals surface area contributed by atoms with Gasteiger partial charge in [0.2, 0.25) is 0 Å². The van der Waals surface area contributed by atoms with Crippen LogP contribution in [0.1, 0.15) is 10.6 Å². The van der Waals surface area contributed by atoms with Crippen molar-refractivity contribution in [1.29, 1.82) is 0 Å². The highest BCUT2D eigenvalue weighted by atomic mass is 79.9. The Balaban J connectivity index is 2.31. The Morgan fingerprint density at radius 1 is 1.40 bits per heavy atom. The van der Waals surface area contributed by atoms with Gasteiger partial charge in [-0.25, -0.2) is 4.68 Å². The third kappa shape index (κ3) is 2.54. The normalized spacial score (nSPS) is 10.5. The van der Waals surface area contributed by atoms with Crippen molar-refractivity contribution < 1.29 is 0 Å². The van der Waals surface area contributed by atoms with Gasteiger partial charge in [0.15, 0.2) is 0 Å². The molecule has 0 radical (unpaired) electrons. The molecule has 0 bridgehead atoms. The van der Waals surface area contributed by atoms with Crippen molar-refractivity contribution in [2.45, 2.75) is 13.5 Å². The SMILES string of the molecule is Cc1ccc(=O)n(Cc2ccc(Br)s2)n1. The fourth-order valence-electron chi connectivity index (χ4n) is 1.25. The Morgan fingerprint density at radius 3 is 2.87 bits per heavy atom. The number of hydrogen-bond acceptors (Lipinski definition) is 3. The van der Waals surface area contributed by atoms with Crippen molar-refractivity contribution >= 4 is 27.3 Å². The largest absolute Gasteiger partial charge is 0.268 e. The second-order valence-corrected chi connectivity index (χ2v) is 5.72. The predicted molar refractivity (Wildman–Crippen MR) is 64.4 cm³/mol. The van der Waals surface area contributed by atoms with E-state index in [1.807, 2.05) is 19.1 Å². The third-order valence-electron chi connectivity index (χ3n) is 1.93. The molecule has 0 unspecified atom stereocenters. The van der Waals surface area contributed by atoms with Gasteiger partial charge in [-0.2, -0.15) is 5.10 Å². The molecule has 15 heavy (non-hydrogen) atoms. The lowest BCUT2D eigenvalue weighted by molar-refractivity contribution is 0.634. The molecule has 0 amide bonds. The molecule has 2 aromatic rings. The summed E-state index contributed by atoms with van der Waals surface area (Å²) in [5, 5.41) is 4.17. The molecule has 3 nitrogen and oxygen atoms in total. The average molecular weight is 285 g/mol. The number of thiophene rings is 1. The molecule has 5 heteroatoms. The van der Waals surface area contributed by atoms with E-state index < -0.39 is 0 Å². The van der Waals surface area contributed by atoms with Gasteiger partial charge in [0.25, 0.3) is 5.56 Å². The van der Waals surface area contributed by atoms with Crippen LogP contribution in [0.4, 0.5) is 0 Å². The van der Waals surface area contributed by atoms with E-state index in [4.69, 9.17) is 0 Å². The number of rotatable bonds is 2. The summed E-state index contributed by atoms with van der Waals surface area (Å²) in [6.07, 6.45) is 0. The Hall–Kier alpha value is -0.940. The molecule has 0 saturated heterocycles. The maximum Gasteiger partial charge on any atom is 0.267 e. The van der Waals surface area contributed by atoms with Crippen LogP contribution < -0.4 is 5.56 Å². The van der Waals surface area contributed by atoms with E-state index in [1.165, 1.54) is 4.68 Å². The molecule has 0 N–H and O–H groups in total. The summed E-state index contributed by atoms with van der Waals surface area (Å²) >= 11 is 5.00. The minimum absolute atomic E-state index is 0.0647. The van der Waals surface area contributed by atoms with Gasteiger partial charge in [0, 0.05) is 10.9 Å². The van der Waals surface area contributed by atoms with Gasteiger partial charge < -0.3 is 0 Å². The molecular formula is C10H9BrN2OS. The van der Waals surface area contributed by atoms with Gasteiger partial charge in [0.1, 0.15) is 0 Å². The topological polar surface area (TPSA) is 34.9 Å². The Kier molecular flexibility index (Phi) is 3.02. The summed E-state index contributed by atoms with van der Waals surface area (Å²) in [5.41, 5.74) is 0.787. The molecular weight excluding hydrogens is 276 g/mol. The molecule has 0 fully saturated rings. The van der Waals surface area contributed by atoms with E-state index in [0.717, 1.165) is 14.4 Å². The predicted octanol–water partition coefficient (Wildman–Crippen LogP) is 2.42. The van der Waals surface area contributed by atoms with Gasteiger partial charge in [-0.1, -0.05) is 0 Å². The smallest absolute Gasteiger partial charge is 0.267 e. The van der Waals surface area contributed by atoms with Gasteiger partial charge in [0.05, 0.1) is 16.0 Å². The molecule has 2 aromatic heterocycles. The first-order chi connectivity index (χ1) is 7.15. The Bertz CT molecular complexity index is 532. The molecule has 2 rings (SSSR count). The zero-order chi connectivity index (χ0) is 10.8. The van der Waals surface area contributed by atoms with Crippen molar-refractivity contribution in [3.8, 4) is 0 Å². The summed E-state index contributed by atoms with van der Waals surface area (Å²) in [6, 6.07) is 7.24. The second-order valence-electron chi connectivity index (χ2n) is 3.18. The highest BCUT2D eigenvalue weighted by Gasteiger charge is 2.02. The van der Waals surface area contributed by atoms with Crippen molar-refractivity contribution in [2.24, 2.45) is 0 Å². The lowest BCUT2D eigenvalue weighted by atomic mass is 10.4. The van der Waals surface area contributed by atoms with E-state index in [0.29, 0.717) is 6.54 Å². The van der Waals surface area contributed by atoms with Gasteiger partial charge >= 0.3 is 0 Å². The quantitative estimate of drug-likeness (QED) is 0.849. The zero-order valence-corrected chi connectivity index (χ0v) is 10.5. The molecule has 2 heterocycles. The summed E-state index contributed by atoms with van der Waals surface area (Å²) in [5.74, 6) is 0. The molecule has 78 valence electrons. The van der Waals surface area contributed by atoms with E-state index in [2.05, 4.69) is 21.0 Å². The number of aryl methyl sites for hydroxylation is 1. The van der Waals surface area contributed by atoms with Crippen LogP contribution >= 0.6 is 27.3 Å². The maximum atomic E-state index is 11.5. The van der Waals surface area contributed by atoms with Gasteiger partial charge in [-0.15, -0.1) is 11.3 Å². The highest BCUT2D eigenvalue weighted by Crippen LogP contribution is 2.22. The van der Waals surface area contributed by atoms with Crippen LogP contribution in [0.15, 0.2) is 32.8 Å². The number of halogens is 1. The first-order valence-electron chi connectivity index (χ1n) is 4.44. The zero-order valence-electron chi connectivity index (χ0n) is 8.11. The van der Waals surface area contributed by atoms with Crippen LogP contribution in [0, 0.1) is 6.92 Å². The van der Waals surface area contributed by atoms with Crippen molar-refractivity contribution in [3.63, 3.8) is 0 Å². The minimum atomic E-state index is -0.0647. The lowest BCUT2D eigenvalue weighted by Crippen LogP contribution is -2.22. The molecule has 0 saturated carbocycles. The van der Waals surface area contributed by atoms with Crippen LogP contribution in [0.25, 0.3) is 0 Å². The van der Waals surface area contributed by atoms with Crippen LogP contribution in [0.3, 0.4) is 0 Å². The second kappa shape index (κ2) is 4.28. The Morgan fingerprint density at radius 2 is 2.20 bits per heavy atom. The standard InChI is InChI=1S/C10H9BrN2OS/c1-7-2-5-10(14)13(12-7)6-8-3-4-9(11)15-8/h2-5H,6H2,1H3. The first kappa shape index (κ1) is 10.6. The average Bonchev–Trinajstić information content (AvgIpc) is 2.58. The molecule has 0 aliphatic carbocycles. The summed E-state index contributed by atoms with van der Waals surface area (Å²) in [6.45, 7) is 2.41.